The molecule has 0 fully saturated rings. The topological polar surface area (TPSA) is 38.7 Å². The normalized spacial score (nSPS) is 12.9. The zero-order valence-corrected chi connectivity index (χ0v) is 29.8. The fourth-order valence-electron chi connectivity index (χ4n) is 7.17. The summed E-state index contributed by atoms with van der Waals surface area (Å²) in [5, 5.41) is 0. The molecule has 1 aliphatic heterocycles. The van der Waals surface area contributed by atoms with Gasteiger partial charge in [0.15, 0.2) is 17.5 Å². The second kappa shape index (κ2) is 13.2. The number of nitrogens with zero attached hydrogens (tertiary/aromatic N) is 3. The van der Waals surface area contributed by atoms with Crippen LogP contribution in [0.4, 0.5) is 0 Å². The van der Waals surface area contributed by atoms with Crippen LogP contribution in [0.3, 0.4) is 0 Å². The van der Waals surface area contributed by atoms with E-state index in [1.54, 1.807) is 0 Å². The zero-order valence-electron chi connectivity index (χ0n) is 29.0. The van der Waals surface area contributed by atoms with Crippen molar-refractivity contribution >= 4 is 11.8 Å². The second-order valence-electron chi connectivity index (χ2n) is 13.7. The molecule has 0 spiro atoms. The van der Waals surface area contributed by atoms with Gasteiger partial charge in [0.05, 0.1) is 0 Å². The zero-order chi connectivity index (χ0) is 35.1. The fourth-order valence-corrected chi connectivity index (χ4v) is 8.61. The molecule has 0 saturated carbocycles. The molecular weight excluding hydrogens is 651 g/mol. The molecule has 0 atom stereocenters. The average molecular weight is 686 g/mol. The summed E-state index contributed by atoms with van der Waals surface area (Å²) in [4.78, 5) is 17.7. The molecule has 4 heteroatoms. The van der Waals surface area contributed by atoms with Gasteiger partial charge in [-0.3, -0.25) is 0 Å². The van der Waals surface area contributed by atoms with E-state index in [2.05, 4.69) is 153 Å². The minimum Gasteiger partial charge on any atom is -0.208 e. The third-order valence-corrected chi connectivity index (χ3v) is 11.1. The van der Waals surface area contributed by atoms with E-state index in [4.69, 9.17) is 15.0 Å². The molecule has 1 aromatic heterocycles. The van der Waals surface area contributed by atoms with Crippen LogP contribution in [0, 0.1) is 0 Å². The Kier molecular flexibility index (Phi) is 8.10. The highest BCUT2D eigenvalue weighted by atomic mass is 32.2. The molecule has 248 valence electrons. The lowest BCUT2D eigenvalue weighted by Crippen LogP contribution is -2.23. The van der Waals surface area contributed by atoms with Crippen molar-refractivity contribution in [2.45, 2.75) is 29.1 Å². The van der Waals surface area contributed by atoms with Gasteiger partial charge in [0.25, 0.3) is 0 Å². The molecule has 2 heterocycles. The van der Waals surface area contributed by atoms with E-state index in [1.807, 2.05) is 48.2 Å². The van der Waals surface area contributed by atoms with E-state index in [1.165, 1.54) is 32.0 Å². The molecule has 0 aliphatic carbocycles. The quantitative estimate of drug-likeness (QED) is 0.175. The average Bonchev–Trinajstić information content (AvgIpc) is 3.21. The Morgan fingerprint density at radius 2 is 0.731 bits per heavy atom. The maximum absolute atomic E-state index is 5.08. The molecule has 0 N–H and O–H groups in total. The Balaban J connectivity index is 1.09. The van der Waals surface area contributed by atoms with Crippen molar-refractivity contribution < 1.29 is 0 Å². The number of rotatable bonds is 6. The predicted octanol–water partition coefficient (Wildman–Crippen LogP) is 12.7. The van der Waals surface area contributed by atoms with Crippen molar-refractivity contribution in [2.24, 2.45) is 0 Å². The first-order valence-corrected chi connectivity index (χ1v) is 18.4. The standard InChI is InChI=1S/C48H35N3S/c1-48(2)41-24-9-10-25-43(41)52-44-31-38(26-27-42(44)48)36-20-11-19-35(28-36)37-21-13-23-40(30-37)47-50-45(33-16-7-4-8-17-33)49-46(51-47)39-22-12-18-34(29-39)32-14-5-3-6-15-32/h3-31H,1-2H3. The van der Waals surface area contributed by atoms with E-state index in [9.17, 15) is 0 Å². The third kappa shape index (κ3) is 6.01. The molecule has 9 rings (SSSR count). The minimum absolute atomic E-state index is 0.0437. The van der Waals surface area contributed by atoms with Crippen molar-refractivity contribution in [2.75, 3.05) is 0 Å². The van der Waals surface area contributed by atoms with Crippen LogP contribution in [0.5, 0.6) is 0 Å². The van der Waals surface area contributed by atoms with E-state index in [-0.39, 0.29) is 5.41 Å². The molecule has 52 heavy (non-hydrogen) atoms. The first-order valence-electron chi connectivity index (χ1n) is 17.6. The van der Waals surface area contributed by atoms with E-state index < -0.39 is 0 Å². The summed E-state index contributed by atoms with van der Waals surface area (Å²) in [6, 6.07) is 62.0. The van der Waals surface area contributed by atoms with Crippen LogP contribution >= 0.6 is 11.8 Å². The van der Waals surface area contributed by atoms with Gasteiger partial charge in [-0.2, -0.15) is 0 Å². The Morgan fingerprint density at radius 3 is 1.33 bits per heavy atom. The fraction of sp³-hybridized carbons (Fsp3) is 0.0625. The minimum atomic E-state index is -0.0437. The molecule has 0 unspecified atom stereocenters. The Hall–Kier alpha value is -6.10. The van der Waals surface area contributed by atoms with Crippen LogP contribution in [0.25, 0.3) is 67.5 Å². The molecule has 8 aromatic rings. The lowest BCUT2D eigenvalue weighted by Gasteiger charge is -2.34. The summed E-state index contributed by atoms with van der Waals surface area (Å²) in [5.41, 5.74) is 12.5. The number of hydrogen-bond acceptors (Lipinski definition) is 4. The van der Waals surface area contributed by atoms with E-state index >= 15 is 0 Å². The van der Waals surface area contributed by atoms with Gasteiger partial charge >= 0.3 is 0 Å². The van der Waals surface area contributed by atoms with E-state index in [0.29, 0.717) is 17.5 Å². The highest BCUT2D eigenvalue weighted by molar-refractivity contribution is 7.99. The molecule has 0 amide bonds. The maximum atomic E-state index is 5.08. The van der Waals surface area contributed by atoms with Crippen molar-refractivity contribution in [1.29, 1.82) is 0 Å². The van der Waals surface area contributed by atoms with Crippen molar-refractivity contribution in [3.63, 3.8) is 0 Å². The van der Waals surface area contributed by atoms with Gasteiger partial charge in [0.2, 0.25) is 0 Å². The van der Waals surface area contributed by atoms with Gasteiger partial charge < -0.3 is 0 Å². The van der Waals surface area contributed by atoms with Crippen LogP contribution < -0.4 is 0 Å². The predicted molar refractivity (Wildman–Crippen MR) is 215 cm³/mol. The lowest BCUT2D eigenvalue weighted by molar-refractivity contribution is 0.607. The van der Waals surface area contributed by atoms with Crippen LogP contribution in [0.2, 0.25) is 0 Å². The molecule has 3 nitrogen and oxygen atoms in total. The maximum Gasteiger partial charge on any atom is 0.164 e. The molecule has 0 radical (unpaired) electrons. The highest BCUT2D eigenvalue weighted by Crippen LogP contribution is 2.50. The van der Waals surface area contributed by atoms with Gasteiger partial charge in [-0.05, 0) is 74.8 Å². The lowest BCUT2D eigenvalue weighted by atomic mass is 9.77. The van der Waals surface area contributed by atoms with Crippen molar-refractivity contribution in [1.82, 2.24) is 15.0 Å². The van der Waals surface area contributed by atoms with Crippen LogP contribution in [-0.2, 0) is 5.41 Å². The van der Waals surface area contributed by atoms with Crippen LogP contribution in [0.15, 0.2) is 186 Å². The number of hydrogen-bond donors (Lipinski definition) is 0. The Morgan fingerprint density at radius 1 is 0.327 bits per heavy atom. The van der Waals surface area contributed by atoms with Crippen LogP contribution in [0.1, 0.15) is 25.0 Å². The first kappa shape index (κ1) is 31.9. The summed E-state index contributed by atoms with van der Waals surface area (Å²) in [6.07, 6.45) is 0. The van der Waals surface area contributed by atoms with Gasteiger partial charge in [-0.1, -0.05) is 171 Å². The van der Waals surface area contributed by atoms with Crippen molar-refractivity contribution in [3.05, 3.63) is 187 Å². The monoisotopic (exact) mass is 685 g/mol. The molecule has 1 aliphatic rings. The first-order chi connectivity index (χ1) is 25.5. The highest BCUT2D eigenvalue weighted by Gasteiger charge is 2.32. The van der Waals surface area contributed by atoms with Crippen molar-refractivity contribution in [3.8, 4) is 67.5 Å². The number of benzene rings is 7. The van der Waals surface area contributed by atoms with Crippen LogP contribution in [-0.4, -0.2) is 15.0 Å². The number of aromatic nitrogens is 3. The smallest absolute Gasteiger partial charge is 0.164 e. The molecule has 0 bridgehead atoms. The SMILES string of the molecule is CC1(C)c2ccccc2Sc2cc(-c3cccc(-c4cccc(-c5nc(-c6ccccc6)nc(-c6cccc(-c7ccccc7)c6)n5)c4)c3)ccc21. The Bertz CT molecular complexity index is 2580. The molecule has 7 aromatic carbocycles. The number of fused-ring (bicyclic) bond motifs is 2. The Labute approximate surface area is 309 Å². The van der Waals surface area contributed by atoms with Gasteiger partial charge in [-0.15, -0.1) is 0 Å². The summed E-state index contributed by atoms with van der Waals surface area (Å²) < 4.78 is 0. The molecular formula is C48H35N3S. The summed E-state index contributed by atoms with van der Waals surface area (Å²) >= 11 is 1.87. The van der Waals surface area contributed by atoms with E-state index in [0.717, 1.165) is 38.9 Å². The molecule has 0 saturated heterocycles. The van der Waals surface area contributed by atoms with Gasteiger partial charge in [0, 0.05) is 31.9 Å². The second-order valence-corrected chi connectivity index (χ2v) is 14.8. The summed E-state index contributed by atoms with van der Waals surface area (Å²) in [5.74, 6) is 1.93. The van der Waals surface area contributed by atoms with Gasteiger partial charge in [-0.25, -0.2) is 15.0 Å². The summed E-state index contributed by atoms with van der Waals surface area (Å²) in [6.45, 7) is 4.66. The van der Waals surface area contributed by atoms with Gasteiger partial charge in [0.1, 0.15) is 0 Å². The third-order valence-electron chi connectivity index (χ3n) is 9.98. The largest absolute Gasteiger partial charge is 0.208 e. The summed E-state index contributed by atoms with van der Waals surface area (Å²) in [7, 11) is 0.